The number of aliphatic hydroxyl groups is 1. The third-order valence-electron chi connectivity index (χ3n) is 5.08. The van der Waals surface area contributed by atoms with Crippen LogP contribution in [0.25, 0.3) is 0 Å². The summed E-state index contributed by atoms with van der Waals surface area (Å²) in [5.74, 6) is -1.82. The van der Waals surface area contributed by atoms with E-state index in [0.717, 1.165) is 21.6 Å². The van der Waals surface area contributed by atoms with Gasteiger partial charge in [0, 0.05) is 25.1 Å². The van der Waals surface area contributed by atoms with E-state index in [1.54, 1.807) is 17.0 Å². The zero-order chi connectivity index (χ0) is 24.2. The quantitative estimate of drug-likeness (QED) is 0.291. The van der Waals surface area contributed by atoms with Gasteiger partial charge >= 0.3 is 12.1 Å². The molecule has 0 aliphatic carbocycles. The number of carbonyl (C=O) groups is 2. The van der Waals surface area contributed by atoms with E-state index < -0.39 is 29.6 Å². The molecule has 0 radical (unpaired) electrons. The molecule has 2 N–H and O–H groups in total. The molecule has 2 aromatic rings. The zero-order valence-electron chi connectivity index (χ0n) is 17.2. The van der Waals surface area contributed by atoms with Crippen LogP contribution in [0.15, 0.2) is 46.7 Å². The van der Waals surface area contributed by atoms with Crippen LogP contribution in [0, 0.1) is 5.82 Å². The average molecular weight is 504 g/mol. The van der Waals surface area contributed by atoms with E-state index in [0.29, 0.717) is 31.2 Å². The number of alkyl halides is 3. The summed E-state index contributed by atoms with van der Waals surface area (Å²) in [5, 5.41) is 19.2. The van der Waals surface area contributed by atoms with Gasteiger partial charge in [-0.25, -0.2) is 9.18 Å². The second-order valence-corrected chi connectivity index (χ2v) is 9.91. The van der Waals surface area contributed by atoms with Gasteiger partial charge in [0.15, 0.2) is 0 Å². The van der Waals surface area contributed by atoms with E-state index in [-0.39, 0.29) is 28.8 Å². The van der Waals surface area contributed by atoms with E-state index in [4.69, 9.17) is 5.11 Å². The van der Waals surface area contributed by atoms with E-state index in [1.165, 1.54) is 30.0 Å². The average Bonchev–Trinajstić information content (AvgIpc) is 3.35. The fraction of sp³-hybridized carbons (Fsp3) is 0.364. The minimum Gasteiger partial charge on any atom is -0.477 e. The Morgan fingerprint density at radius 3 is 2.73 bits per heavy atom. The van der Waals surface area contributed by atoms with Crippen molar-refractivity contribution in [3.05, 3.63) is 64.3 Å². The minimum atomic E-state index is -4.82. The smallest absolute Gasteiger partial charge is 0.419 e. The van der Waals surface area contributed by atoms with Gasteiger partial charge in [0.05, 0.1) is 21.9 Å². The number of thiophene rings is 1. The maximum absolute atomic E-state index is 13.4. The summed E-state index contributed by atoms with van der Waals surface area (Å²) in [7, 11) is 0. The summed E-state index contributed by atoms with van der Waals surface area (Å²) in [4.78, 5) is 25.1. The summed E-state index contributed by atoms with van der Waals surface area (Å²) in [6.45, 7) is 0.432. The van der Waals surface area contributed by atoms with Crippen molar-refractivity contribution in [2.75, 3.05) is 12.3 Å². The van der Waals surface area contributed by atoms with Crippen LogP contribution in [-0.2, 0) is 17.4 Å². The first-order chi connectivity index (χ1) is 15.5. The molecule has 1 fully saturated rings. The van der Waals surface area contributed by atoms with Gasteiger partial charge in [-0.15, -0.1) is 23.1 Å². The molecule has 3 rings (SSSR count). The molecule has 11 heteroatoms. The third-order valence-corrected chi connectivity index (χ3v) is 7.36. The summed E-state index contributed by atoms with van der Waals surface area (Å²) in [5.41, 5.74) is -1.23. The zero-order valence-corrected chi connectivity index (χ0v) is 18.9. The Hall–Kier alpha value is -2.37. The van der Waals surface area contributed by atoms with Crippen LogP contribution in [0.1, 0.15) is 33.6 Å². The normalized spacial score (nSPS) is 17.8. The minimum absolute atomic E-state index is 0.0366. The highest BCUT2D eigenvalue weighted by atomic mass is 32.2. The summed E-state index contributed by atoms with van der Waals surface area (Å²) in [6, 6.07) is 5.63. The maximum atomic E-state index is 13.4. The molecule has 33 heavy (non-hydrogen) atoms. The third kappa shape index (κ3) is 6.81. The van der Waals surface area contributed by atoms with Gasteiger partial charge in [-0.05, 0) is 36.2 Å². The Labute approximate surface area is 195 Å². The molecule has 0 bridgehead atoms. The number of aromatic carboxylic acids is 1. The lowest BCUT2D eigenvalue weighted by Gasteiger charge is -2.22. The van der Waals surface area contributed by atoms with Gasteiger partial charge < -0.3 is 15.1 Å². The molecule has 178 valence electrons. The van der Waals surface area contributed by atoms with E-state index in [2.05, 4.69) is 0 Å². The predicted octanol–water partition coefficient (Wildman–Crippen LogP) is 4.85. The Morgan fingerprint density at radius 1 is 1.30 bits per heavy atom. The maximum Gasteiger partial charge on any atom is 0.419 e. The van der Waals surface area contributed by atoms with Crippen LogP contribution in [0.3, 0.4) is 0 Å². The molecule has 5 nitrogen and oxygen atoms in total. The number of halogens is 4. The van der Waals surface area contributed by atoms with E-state index in [9.17, 15) is 32.3 Å². The molecule has 2 heterocycles. The molecule has 1 amide bonds. The first-order valence-corrected chi connectivity index (χ1v) is 11.8. The molecule has 0 unspecified atom stereocenters. The first-order valence-electron chi connectivity index (χ1n) is 10.0. The highest BCUT2D eigenvalue weighted by molar-refractivity contribution is 8.01. The van der Waals surface area contributed by atoms with Crippen LogP contribution >= 0.6 is 23.1 Å². The lowest BCUT2D eigenvalue weighted by molar-refractivity contribution is -0.140. The highest BCUT2D eigenvalue weighted by Gasteiger charge is 2.34. The Morgan fingerprint density at radius 2 is 2.06 bits per heavy atom. The van der Waals surface area contributed by atoms with Crippen molar-refractivity contribution in [3.8, 4) is 0 Å². The van der Waals surface area contributed by atoms with Crippen LogP contribution in [0.4, 0.5) is 17.6 Å². The molecule has 0 spiro atoms. The molecule has 1 aromatic carbocycles. The SMILES string of the molecule is O=C(O)c1ccc(SCCN2C(=O)CC[C@@H]2C=C[C@@H](O)Cc2ccc(F)c(C(F)(F)F)c2)s1. The Bertz CT molecular complexity index is 1040. The van der Waals surface area contributed by atoms with Crippen LogP contribution < -0.4 is 0 Å². The van der Waals surface area contributed by atoms with Gasteiger partial charge in [-0.3, -0.25) is 4.79 Å². The standard InChI is InChI=1S/C22H21F4NO4S2/c23-17-5-1-13(12-16(17)22(24,25)26)11-15(28)4-2-14-3-7-19(29)27(14)9-10-32-20-8-6-18(33-20)21(30)31/h1-2,4-6,8,12,14-15,28H,3,7,9-11H2,(H,30,31)/t14-,15+/m0/s1. The van der Waals surface area contributed by atoms with Crippen molar-refractivity contribution < 1.29 is 37.4 Å². The number of carboxylic acids is 1. The van der Waals surface area contributed by atoms with Crippen LogP contribution in [-0.4, -0.2) is 51.4 Å². The summed E-state index contributed by atoms with van der Waals surface area (Å²) >= 11 is 2.61. The van der Waals surface area contributed by atoms with Crippen LogP contribution in [0.5, 0.6) is 0 Å². The number of carboxylic acid groups (broad SMARTS) is 1. The Balaban J connectivity index is 1.55. The molecule has 1 saturated heterocycles. The number of rotatable bonds is 9. The van der Waals surface area contributed by atoms with E-state index >= 15 is 0 Å². The molecular formula is C22H21F4NO4S2. The van der Waals surface area contributed by atoms with Gasteiger partial charge in [-0.2, -0.15) is 13.2 Å². The van der Waals surface area contributed by atoms with Gasteiger partial charge in [-0.1, -0.05) is 18.2 Å². The number of aliphatic hydroxyl groups excluding tert-OH is 1. The number of thioether (sulfide) groups is 1. The highest BCUT2D eigenvalue weighted by Crippen LogP contribution is 2.32. The molecule has 1 aliphatic heterocycles. The summed E-state index contributed by atoms with van der Waals surface area (Å²) in [6.07, 6.45) is -2.01. The van der Waals surface area contributed by atoms with Gasteiger partial charge in [0.2, 0.25) is 5.91 Å². The molecule has 0 saturated carbocycles. The fourth-order valence-corrected chi connectivity index (χ4v) is 5.47. The van der Waals surface area contributed by atoms with Crippen molar-refractivity contribution in [2.45, 2.75) is 41.8 Å². The van der Waals surface area contributed by atoms with Crippen molar-refractivity contribution >= 4 is 35.0 Å². The predicted molar refractivity (Wildman–Crippen MR) is 117 cm³/mol. The monoisotopic (exact) mass is 503 g/mol. The lowest BCUT2D eigenvalue weighted by atomic mass is 10.0. The van der Waals surface area contributed by atoms with Crippen molar-refractivity contribution in [2.24, 2.45) is 0 Å². The van der Waals surface area contributed by atoms with Crippen molar-refractivity contribution in [1.29, 1.82) is 0 Å². The lowest BCUT2D eigenvalue weighted by Crippen LogP contribution is -2.33. The topological polar surface area (TPSA) is 77.8 Å². The summed E-state index contributed by atoms with van der Waals surface area (Å²) < 4.78 is 52.8. The first kappa shape index (κ1) is 25.3. The second-order valence-electron chi connectivity index (χ2n) is 7.43. The number of hydrogen-bond acceptors (Lipinski definition) is 5. The fourth-order valence-electron chi connectivity index (χ4n) is 3.49. The number of nitrogens with zero attached hydrogens (tertiary/aromatic N) is 1. The van der Waals surface area contributed by atoms with Gasteiger partial charge in [0.25, 0.3) is 0 Å². The Kier molecular flexibility index (Phi) is 8.19. The number of benzene rings is 1. The molecule has 1 aliphatic rings. The van der Waals surface area contributed by atoms with Crippen molar-refractivity contribution in [1.82, 2.24) is 4.90 Å². The second kappa shape index (κ2) is 10.7. The molecule has 1 aromatic heterocycles. The molecule has 2 atom stereocenters. The van der Waals surface area contributed by atoms with Gasteiger partial charge in [0.1, 0.15) is 10.7 Å². The molecular weight excluding hydrogens is 482 g/mol. The van der Waals surface area contributed by atoms with E-state index in [1.807, 2.05) is 0 Å². The number of amides is 1. The van der Waals surface area contributed by atoms with Crippen LogP contribution in [0.2, 0.25) is 0 Å². The number of hydrogen-bond donors (Lipinski definition) is 2. The largest absolute Gasteiger partial charge is 0.477 e. The number of carbonyl (C=O) groups excluding carboxylic acids is 1. The number of likely N-dealkylation sites (tertiary alicyclic amines) is 1. The van der Waals surface area contributed by atoms with Crippen molar-refractivity contribution in [3.63, 3.8) is 0 Å².